The summed E-state index contributed by atoms with van der Waals surface area (Å²) in [6.45, 7) is 8.88. The van der Waals surface area contributed by atoms with Crippen LogP contribution >= 0.6 is 0 Å². The monoisotopic (exact) mass is 186 g/mol. The van der Waals surface area contributed by atoms with Crippen LogP contribution in [0.3, 0.4) is 0 Å². The normalized spacial score (nSPS) is 13.0. The maximum absolute atomic E-state index is 11.4. The van der Waals surface area contributed by atoms with Crippen molar-refractivity contribution >= 4 is 5.97 Å². The number of esters is 1. The molecule has 0 heterocycles. The molecule has 78 valence electrons. The molecular weight excluding hydrogens is 164 g/mol. The topological polar surface area (TPSA) is 26.3 Å². The zero-order chi connectivity index (χ0) is 10.3. The molecule has 0 bridgehead atoms. The van der Waals surface area contributed by atoms with Gasteiger partial charge in [0.2, 0.25) is 0 Å². The van der Waals surface area contributed by atoms with Gasteiger partial charge in [0.05, 0.1) is 12.5 Å². The van der Waals surface area contributed by atoms with Crippen molar-refractivity contribution in [2.45, 2.75) is 47.0 Å². The van der Waals surface area contributed by atoms with Crippen molar-refractivity contribution in [1.82, 2.24) is 0 Å². The van der Waals surface area contributed by atoms with Gasteiger partial charge in [-0.1, -0.05) is 27.7 Å². The Morgan fingerprint density at radius 3 is 2.31 bits per heavy atom. The smallest absolute Gasteiger partial charge is 0.308 e. The molecule has 0 amide bonds. The maximum atomic E-state index is 11.4. The minimum absolute atomic E-state index is 0.0157. The predicted molar refractivity (Wildman–Crippen MR) is 54.5 cm³/mol. The second-order valence-corrected chi connectivity index (χ2v) is 3.90. The first-order valence-corrected chi connectivity index (χ1v) is 5.28. The molecule has 0 aromatic carbocycles. The number of carbonyl (C=O) groups is 1. The van der Waals surface area contributed by atoms with Gasteiger partial charge in [0.15, 0.2) is 0 Å². The summed E-state index contributed by atoms with van der Waals surface area (Å²) in [6, 6.07) is 0. The highest BCUT2D eigenvalue weighted by Crippen LogP contribution is 2.16. The number of carbonyl (C=O) groups excluding carboxylic acids is 1. The van der Waals surface area contributed by atoms with Crippen LogP contribution in [0.15, 0.2) is 0 Å². The first-order valence-electron chi connectivity index (χ1n) is 5.28. The zero-order valence-electron chi connectivity index (χ0n) is 9.30. The van der Waals surface area contributed by atoms with E-state index in [4.69, 9.17) is 4.74 Å². The zero-order valence-corrected chi connectivity index (χ0v) is 9.30. The number of hydrogen-bond acceptors (Lipinski definition) is 2. The first-order chi connectivity index (χ1) is 6.11. The first kappa shape index (κ1) is 12.5. The second-order valence-electron chi connectivity index (χ2n) is 3.90. The molecule has 0 unspecified atom stereocenters. The fraction of sp³-hybridized carbons (Fsp3) is 0.909. The lowest BCUT2D eigenvalue weighted by Gasteiger charge is -2.15. The van der Waals surface area contributed by atoms with Crippen LogP contribution in [-0.2, 0) is 9.53 Å². The van der Waals surface area contributed by atoms with Gasteiger partial charge in [-0.2, -0.15) is 0 Å². The van der Waals surface area contributed by atoms with Gasteiger partial charge in [-0.25, -0.2) is 0 Å². The molecule has 2 heteroatoms. The third kappa shape index (κ3) is 5.67. The predicted octanol–water partition coefficient (Wildman–Crippen LogP) is 3.01. The molecule has 0 fully saturated rings. The van der Waals surface area contributed by atoms with Crippen molar-refractivity contribution in [3.05, 3.63) is 0 Å². The summed E-state index contributed by atoms with van der Waals surface area (Å²) in [6.07, 6.45) is 2.74. The quantitative estimate of drug-likeness (QED) is 0.596. The molecule has 2 nitrogen and oxygen atoms in total. The third-order valence-corrected chi connectivity index (χ3v) is 2.03. The Labute approximate surface area is 81.7 Å². The molecular formula is C11H22O2. The summed E-state index contributed by atoms with van der Waals surface area (Å²) < 4.78 is 5.11. The van der Waals surface area contributed by atoms with E-state index in [1.807, 2.05) is 13.8 Å². The van der Waals surface area contributed by atoms with Gasteiger partial charge >= 0.3 is 5.97 Å². The highest BCUT2D eigenvalue weighted by atomic mass is 16.5. The Balaban J connectivity index is 3.85. The highest BCUT2D eigenvalue weighted by Gasteiger charge is 2.18. The molecule has 0 spiro atoms. The van der Waals surface area contributed by atoms with E-state index < -0.39 is 0 Å². The SMILES string of the molecule is CCCOC(=O)[C@@H](CC)CC(C)C. The van der Waals surface area contributed by atoms with Crippen LogP contribution in [0.1, 0.15) is 47.0 Å². The van der Waals surface area contributed by atoms with Crippen molar-refractivity contribution in [3.63, 3.8) is 0 Å². The summed E-state index contributed by atoms with van der Waals surface area (Å²) in [5, 5.41) is 0. The molecule has 1 atom stereocenters. The van der Waals surface area contributed by atoms with Gasteiger partial charge < -0.3 is 4.74 Å². The molecule has 13 heavy (non-hydrogen) atoms. The van der Waals surface area contributed by atoms with E-state index in [1.54, 1.807) is 0 Å². The molecule has 0 rings (SSSR count). The van der Waals surface area contributed by atoms with E-state index >= 15 is 0 Å². The summed E-state index contributed by atoms with van der Waals surface area (Å²) in [7, 11) is 0. The van der Waals surface area contributed by atoms with Crippen LogP contribution in [0.25, 0.3) is 0 Å². The Morgan fingerprint density at radius 2 is 1.92 bits per heavy atom. The van der Waals surface area contributed by atoms with E-state index in [9.17, 15) is 4.79 Å². The Morgan fingerprint density at radius 1 is 1.31 bits per heavy atom. The molecule has 0 aliphatic rings. The lowest BCUT2D eigenvalue weighted by molar-refractivity contribution is -0.149. The van der Waals surface area contributed by atoms with Crippen molar-refractivity contribution in [3.8, 4) is 0 Å². The van der Waals surface area contributed by atoms with E-state index in [1.165, 1.54) is 0 Å². The van der Waals surface area contributed by atoms with Crippen molar-refractivity contribution < 1.29 is 9.53 Å². The van der Waals surface area contributed by atoms with Gasteiger partial charge in [0.25, 0.3) is 0 Å². The van der Waals surface area contributed by atoms with Gasteiger partial charge in [0, 0.05) is 0 Å². The van der Waals surface area contributed by atoms with Gasteiger partial charge in [-0.3, -0.25) is 4.79 Å². The number of hydrogen-bond donors (Lipinski definition) is 0. The van der Waals surface area contributed by atoms with E-state index in [-0.39, 0.29) is 11.9 Å². The fourth-order valence-electron chi connectivity index (χ4n) is 1.32. The number of ether oxygens (including phenoxy) is 1. The van der Waals surface area contributed by atoms with E-state index in [0.717, 1.165) is 19.3 Å². The lowest BCUT2D eigenvalue weighted by atomic mass is 9.95. The standard InChI is InChI=1S/C11H22O2/c1-5-7-13-11(12)10(6-2)8-9(3)4/h9-10H,5-8H2,1-4H3/t10-/m0/s1. The maximum Gasteiger partial charge on any atom is 0.308 e. The highest BCUT2D eigenvalue weighted by molar-refractivity contribution is 5.72. The molecule has 0 aliphatic carbocycles. The van der Waals surface area contributed by atoms with E-state index in [2.05, 4.69) is 13.8 Å². The Bertz CT molecular complexity index is 141. The van der Waals surface area contributed by atoms with Gasteiger partial charge in [-0.15, -0.1) is 0 Å². The molecule has 0 N–H and O–H groups in total. The van der Waals surface area contributed by atoms with Crippen LogP contribution in [0.2, 0.25) is 0 Å². The summed E-state index contributed by atoms with van der Waals surface area (Å²) in [5.41, 5.74) is 0. The fourth-order valence-corrected chi connectivity index (χ4v) is 1.32. The van der Waals surface area contributed by atoms with E-state index in [0.29, 0.717) is 12.5 Å². The molecule has 0 saturated heterocycles. The van der Waals surface area contributed by atoms with Crippen LogP contribution in [0, 0.1) is 11.8 Å². The molecule has 0 aliphatic heterocycles. The van der Waals surface area contributed by atoms with Gasteiger partial charge in [-0.05, 0) is 25.2 Å². The van der Waals surface area contributed by atoms with Crippen molar-refractivity contribution in [2.24, 2.45) is 11.8 Å². The Kier molecular flexibility index (Phi) is 6.65. The van der Waals surface area contributed by atoms with Crippen molar-refractivity contribution in [2.75, 3.05) is 6.61 Å². The van der Waals surface area contributed by atoms with Crippen LogP contribution in [0.5, 0.6) is 0 Å². The summed E-state index contributed by atoms with van der Waals surface area (Å²) >= 11 is 0. The molecule has 0 aromatic heterocycles. The van der Waals surface area contributed by atoms with Gasteiger partial charge in [0.1, 0.15) is 0 Å². The van der Waals surface area contributed by atoms with Crippen LogP contribution in [0.4, 0.5) is 0 Å². The van der Waals surface area contributed by atoms with Crippen LogP contribution in [-0.4, -0.2) is 12.6 Å². The minimum atomic E-state index is -0.0157. The minimum Gasteiger partial charge on any atom is -0.465 e. The summed E-state index contributed by atoms with van der Waals surface area (Å²) in [5.74, 6) is 0.656. The Hall–Kier alpha value is -0.530. The summed E-state index contributed by atoms with van der Waals surface area (Å²) in [4.78, 5) is 11.4. The molecule has 0 saturated carbocycles. The second kappa shape index (κ2) is 6.93. The van der Waals surface area contributed by atoms with Crippen molar-refractivity contribution in [1.29, 1.82) is 0 Å². The third-order valence-electron chi connectivity index (χ3n) is 2.03. The average Bonchev–Trinajstić information content (AvgIpc) is 2.09. The van der Waals surface area contributed by atoms with Crippen LogP contribution < -0.4 is 0 Å². The molecule has 0 aromatic rings. The average molecular weight is 186 g/mol. The largest absolute Gasteiger partial charge is 0.465 e. The lowest BCUT2D eigenvalue weighted by Crippen LogP contribution is -2.19. The molecule has 0 radical (unpaired) electrons. The number of rotatable bonds is 6.